The first kappa shape index (κ1) is 14.1. The van der Waals surface area contributed by atoms with Crippen LogP contribution in [0.15, 0.2) is 71.3 Å². The molecule has 0 radical (unpaired) electrons. The molecule has 0 amide bonds. The molecule has 1 aromatic heterocycles. The largest absolute Gasteiger partial charge is 0.484 e. The van der Waals surface area contributed by atoms with Gasteiger partial charge in [0.05, 0.1) is 12.8 Å². The van der Waals surface area contributed by atoms with E-state index in [9.17, 15) is 0 Å². The van der Waals surface area contributed by atoms with Gasteiger partial charge in [0.25, 0.3) is 0 Å². The molecule has 1 aliphatic heterocycles. The number of likely N-dealkylation sites (N-methyl/N-ethyl adjacent to an activating group) is 1. The van der Waals surface area contributed by atoms with Crippen molar-refractivity contribution in [3.05, 3.63) is 78.3 Å². The molecule has 3 nitrogen and oxygen atoms in total. The standard InChI is InChI=1S/C20H19NO2/c1-21-13-19-18(11-12-22-19)20(14-21)23-17-9-7-16(8-10-17)15-5-3-2-4-6-15/h2-12,20H,13-14H2,1H3. The van der Waals surface area contributed by atoms with Crippen LogP contribution in [0.1, 0.15) is 17.4 Å². The van der Waals surface area contributed by atoms with Crippen molar-refractivity contribution in [2.24, 2.45) is 0 Å². The molecule has 2 heterocycles. The van der Waals surface area contributed by atoms with Crippen LogP contribution >= 0.6 is 0 Å². The minimum atomic E-state index is 0.0186. The van der Waals surface area contributed by atoms with Gasteiger partial charge in [0.2, 0.25) is 0 Å². The van der Waals surface area contributed by atoms with E-state index in [1.807, 2.05) is 24.3 Å². The summed E-state index contributed by atoms with van der Waals surface area (Å²) in [4.78, 5) is 2.22. The summed E-state index contributed by atoms with van der Waals surface area (Å²) in [7, 11) is 2.08. The number of nitrogens with zero attached hydrogens (tertiary/aromatic N) is 1. The molecule has 0 aliphatic carbocycles. The zero-order chi connectivity index (χ0) is 15.6. The highest BCUT2D eigenvalue weighted by Gasteiger charge is 2.27. The SMILES string of the molecule is CN1Cc2occc2C(Oc2ccc(-c3ccccc3)cc2)C1. The van der Waals surface area contributed by atoms with Crippen LogP contribution in [0.3, 0.4) is 0 Å². The summed E-state index contributed by atoms with van der Waals surface area (Å²) in [6.07, 6.45) is 1.77. The van der Waals surface area contributed by atoms with Crippen LogP contribution in [0.2, 0.25) is 0 Å². The Morgan fingerprint density at radius 3 is 2.48 bits per heavy atom. The molecule has 116 valence electrons. The predicted octanol–water partition coefficient (Wildman–Crippen LogP) is 4.51. The second-order valence-corrected chi connectivity index (χ2v) is 5.99. The van der Waals surface area contributed by atoms with Crippen molar-refractivity contribution in [2.75, 3.05) is 13.6 Å². The summed E-state index contributed by atoms with van der Waals surface area (Å²) in [6.45, 7) is 1.71. The molecular weight excluding hydrogens is 286 g/mol. The summed E-state index contributed by atoms with van der Waals surface area (Å²) in [5.74, 6) is 1.89. The fraction of sp³-hybridized carbons (Fsp3) is 0.200. The average Bonchev–Trinajstić information content (AvgIpc) is 3.05. The fourth-order valence-corrected chi connectivity index (χ4v) is 3.08. The predicted molar refractivity (Wildman–Crippen MR) is 90.3 cm³/mol. The maximum absolute atomic E-state index is 6.20. The molecule has 1 aliphatic rings. The lowest BCUT2D eigenvalue weighted by molar-refractivity contribution is 0.120. The van der Waals surface area contributed by atoms with Crippen molar-refractivity contribution >= 4 is 0 Å². The van der Waals surface area contributed by atoms with Crippen LogP contribution in [0, 0.1) is 0 Å². The number of hydrogen-bond acceptors (Lipinski definition) is 3. The molecule has 0 N–H and O–H groups in total. The normalized spacial score (nSPS) is 17.7. The van der Waals surface area contributed by atoms with Gasteiger partial charge in [0.1, 0.15) is 17.6 Å². The van der Waals surface area contributed by atoms with Gasteiger partial charge in [-0.1, -0.05) is 42.5 Å². The zero-order valence-electron chi connectivity index (χ0n) is 13.1. The van der Waals surface area contributed by atoms with E-state index in [1.165, 1.54) is 11.1 Å². The van der Waals surface area contributed by atoms with E-state index in [0.29, 0.717) is 0 Å². The second kappa shape index (κ2) is 5.94. The summed E-state index contributed by atoms with van der Waals surface area (Å²) >= 11 is 0. The molecule has 0 fully saturated rings. The lowest BCUT2D eigenvalue weighted by Gasteiger charge is -2.29. The third kappa shape index (κ3) is 2.88. The van der Waals surface area contributed by atoms with Crippen LogP contribution in [0.5, 0.6) is 5.75 Å². The van der Waals surface area contributed by atoms with Gasteiger partial charge in [0, 0.05) is 12.1 Å². The van der Waals surface area contributed by atoms with E-state index in [-0.39, 0.29) is 6.10 Å². The van der Waals surface area contributed by atoms with Gasteiger partial charge in [-0.2, -0.15) is 0 Å². The number of ether oxygens (including phenoxy) is 1. The molecule has 3 heteroatoms. The van der Waals surface area contributed by atoms with E-state index in [2.05, 4.69) is 48.3 Å². The highest BCUT2D eigenvalue weighted by Crippen LogP contribution is 2.31. The van der Waals surface area contributed by atoms with Crippen LogP contribution in [-0.2, 0) is 6.54 Å². The molecule has 4 rings (SSSR count). The first-order valence-corrected chi connectivity index (χ1v) is 7.86. The molecule has 1 atom stereocenters. The molecule has 0 spiro atoms. The monoisotopic (exact) mass is 305 g/mol. The number of rotatable bonds is 3. The first-order valence-electron chi connectivity index (χ1n) is 7.86. The van der Waals surface area contributed by atoms with E-state index in [4.69, 9.17) is 9.15 Å². The molecule has 0 saturated heterocycles. The molecule has 0 saturated carbocycles. The smallest absolute Gasteiger partial charge is 0.140 e. The highest BCUT2D eigenvalue weighted by atomic mass is 16.5. The van der Waals surface area contributed by atoms with Gasteiger partial charge < -0.3 is 9.15 Å². The van der Waals surface area contributed by atoms with E-state index in [0.717, 1.165) is 30.2 Å². The molecule has 3 aromatic rings. The van der Waals surface area contributed by atoms with Gasteiger partial charge in [0.15, 0.2) is 0 Å². The fourth-order valence-electron chi connectivity index (χ4n) is 3.08. The van der Waals surface area contributed by atoms with Crippen LogP contribution in [0.25, 0.3) is 11.1 Å². The van der Waals surface area contributed by atoms with Crippen molar-refractivity contribution in [1.82, 2.24) is 4.90 Å². The van der Waals surface area contributed by atoms with Gasteiger partial charge in [-0.15, -0.1) is 0 Å². The number of benzene rings is 2. The van der Waals surface area contributed by atoms with Crippen molar-refractivity contribution in [3.8, 4) is 16.9 Å². The van der Waals surface area contributed by atoms with Crippen LogP contribution in [-0.4, -0.2) is 18.5 Å². The van der Waals surface area contributed by atoms with E-state index in [1.54, 1.807) is 6.26 Å². The van der Waals surface area contributed by atoms with Crippen molar-refractivity contribution in [3.63, 3.8) is 0 Å². The third-order valence-corrected chi connectivity index (χ3v) is 4.26. The second-order valence-electron chi connectivity index (χ2n) is 5.99. The maximum Gasteiger partial charge on any atom is 0.140 e. The van der Waals surface area contributed by atoms with Crippen LogP contribution < -0.4 is 4.74 Å². The van der Waals surface area contributed by atoms with Crippen molar-refractivity contribution < 1.29 is 9.15 Å². The lowest BCUT2D eigenvalue weighted by Crippen LogP contribution is -2.32. The molecule has 2 aromatic carbocycles. The van der Waals surface area contributed by atoms with Gasteiger partial charge in [-0.25, -0.2) is 0 Å². The summed E-state index contributed by atoms with van der Waals surface area (Å²) in [5, 5.41) is 0. The Morgan fingerprint density at radius 1 is 0.957 bits per heavy atom. The van der Waals surface area contributed by atoms with Crippen LogP contribution in [0.4, 0.5) is 0 Å². The van der Waals surface area contributed by atoms with E-state index < -0.39 is 0 Å². The van der Waals surface area contributed by atoms with Gasteiger partial charge in [-0.3, -0.25) is 4.90 Å². The quantitative estimate of drug-likeness (QED) is 0.712. The number of fused-ring (bicyclic) bond motifs is 1. The zero-order valence-corrected chi connectivity index (χ0v) is 13.1. The average molecular weight is 305 g/mol. The van der Waals surface area contributed by atoms with Crippen molar-refractivity contribution in [2.45, 2.75) is 12.6 Å². The first-order chi connectivity index (χ1) is 11.3. The Morgan fingerprint density at radius 2 is 1.70 bits per heavy atom. The van der Waals surface area contributed by atoms with Crippen molar-refractivity contribution in [1.29, 1.82) is 0 Å². The lowest BCUT2D eigenvalue weighted by atomic mass is 10.0. The summed E-state index contributed by atoms with van der Waals surface area (Å²) in [5.41, 5.74) is 3.58. The number of furan rings is 1. The van der Waals surface area contributed by atoms with Gasteiger partial charge in [-0.05, 0) is 36.4 Å². The summed E-state index contributed by atoms with van der Waals surface area (Å²) < 4.78 is 11.7. The molecular formula is C20H19NO2. The van der Waals surface area contributed by atoms with E-state index >= 15 is 0 Å². The highest BCUT2D eigenvalue weighted by molar-refractivity contribution is 5.63. The number of hydrogen-bond donors (Lipinski definition) is 0. The molecule has 0 bridgehead atoms. The Balaban J connectivity index is 1.54. The summed E-state index contributed by atoms with van der Waals surface area (Å²) in [6, 6.07) is 20.7. The minimum Gasteiger partial charge on any atom is -0.484 e. The Bertz CT molecular complexity index is 777. The topological polar surface area (TPSA) is 25.6 Å². The minimum absolute atomic E-state index is 0.0186. The van der Waals surface area contributed by atoms with Gasteiger partial charge >= 0.3 is 0 Å². The Kier molecular flexibility index (Phi) is 3.64. The maximum atomic E-state index is 6.20. The third-order valence-electron chi connectivity index (χ3n) is 4.26. The Labute approximate surface area is 136 Å². The Hall–Kier alpha value is -2.52. The molecule has 1 unspecified atom stereocenters. The molecule has 23 heavy (non-hydrogen) atoms.